The Bertz CT molecular complexity index is 1230. The molecule has 0 radical (unpaired) electrons. The molecule has 2 aromatic rings. The molecule has 1 saturated heterocycles. The van der Waals surface area contributed by atoms with Gasteiger partial charge in [0.15, 0.2) is 11.5 Å². The van der Waals surface area contributed by atoms with Crippen molar-refractivity contribution in [3.8, 4) is 29.6 Å². The zero-order chi connectivity index (χ0) is 26.1. The number of anilines is 1. The molecule has 1 heterocycles. The van der Waals surface area contributed by atoms with E-state index in [1.54, 1.807) is 49.6 Å². The number of benzene rings is 2. The van der Waals surface area contributed by atoms with Crippen LogP contribution in [0.25, 0.3) is 6.08 Å². The fourth-order valence-electron chi connectivity index (χ4n) is 3.42. The Hall–Kier alpha value is -4.16. The van der Waals surface area contributed by atoms with Crippen LogP contribution in [0.3, 0.4) is 0 Å². The molecule has 1 fully saturated rings. The number of carbonyl (C=O) groups excluding carboxylic acids is 3. The third-order valence-corrected chi connectivity index (χ3v) is 5.87. The van der Waals surface area contributed by atoms with Gasteiger partial charge in [0, 0.05) is 11.3 Å². The third-order valence-electron chi connectivity index (χ3n) is 4.96. The van der Waals surface area contributed by atoms with E-state index in [0.29, 0.717) is 41.5 Å². The highest BCUT2D eigenvalue weighted by Gasteiger charge is 2.36. The van der Waals surface area contributed by atoms with Gasteiger partial charge in [0.2, 0.25) is 5.91 Å². The minimum absolute atomic E-state index is 0.0705. The average Bonchev–Trinajstić information content (AvgIpc) is 3.11. The first-order valence-corrected chi connectivity index (χ1v) is 11.9. The second-order valence-corrected chi connectivity index (χ2v) is 8.46. The Morgan fingerprint density at radius 1 is 1.22 bits per heavy atom. The van der Waals surface area contributed by atoms with Crippen LogP contribution in [0, 0.1) is 12.3 Å². The summed E-state index contributed by atoms with van der Waals surface area (Å²) >= 11 is 0.770. The van der Waals surface area contributed by atoms with Gasteiger partial charge < -0.3 is 19.5 Å². The molecular weight excluding hydrogens is 480 g/mol. The van der Waals surface area contributed by atoms with Gasteiger partial charge in [0.05, 0.1) is 18.6 Å². The first-order valence-electron chi connectivity index (χ1n) is 11.1. The molecule has 0 saturated carbocycles. The zero-order valence-corrected chi connectivity index (χ0v) is 20.9. The number of amides is 3. The number of carbonyl (C=O) groups is 3. The van der Waals surface area contributed by atoms with Gasteiger partial charge >= 0.3 is 0 Å². The van der Waals surface area contributed by atoms with Crippen LogP contribution in [0.5, 0.6) is 17.2 Å². The second-order valence-electron chi connectivity index (χ2n) is 7.47. The van der Waals surface area contributed by atoms with E-state index in [1.807, 2.05) is 13.0 Å². The molecule has 0 atom stereocenters. The van der Waals surface area contributed by atoms with Crippen LogP contribution >= 0.6 is 11.8 Å². The molecule has 0 aromatic heterocycles. The number of ether oxygens (including phenoxy) is 3. The molecule has 186 valence electrons. The van der Waals surface area contributed by atoms with Crippen LogP contribution in [0.1, 0.15) is 18.1 Å². The van der Waals surface area contributed by atoms with Crippen LogP contribution in [-0.4, -0.2) is 48.8 Å². The maximum absolute atomic E-state index is 12.9. The Morgan fingerprint density at radius 3 is 2.61 bits per heavy atom. The Balaban J connectivity index is 1.80. The predicted molar refractivity (Wildman–Crippen MR) is 140 cm³/mol. The highest BCUT2D eigenvalue weighted by atomic mass is 32.2. The number of terminal acetylenes is 1. The predicted octanol–water partition coefficient (Wildman–Crippen LogP) is 4.51. The van der Waals surface area contributed by atoms with Crippen LogP contribution in [0.2, 0.25) is 0 Å². The number of imide groups is 1. The molecule has 0 bridgehead atoms. The van der Waals surface area contributed by atoms with E-state index in [9.17, 15) is 14.4 Å². The summed E-state index contributed by atoms with van der Waals surface area (Å²) in [4.78, 5) is 39.0. The lowest BCUT2D eigenvalue weighted by atomic mass is 10.0. The summed E-state index contributed by atoms with van der Waals surface area (Å²) in [5, 5.41) is 2.14. The quantitative estimate of drug-likeness (QED) is 0.272. The molecular formula is C27H26N2O6S. The van der Waals surface area contributed by atoms with Gasteiger partial charge in [-0.2, -0.15) is 0 Å². The molecule has 1 aliphatic rings. The van der Waals surface area contributed by atoms with Crippen molar-refractivity contribution < 1.29 is 28.6 Å². The van der Waals surface area contributed by atoms with Gasteiger partial charge in [-0.3, -0.25) is 19.3 Å². The number of methoxy groups -OCH3 is 1. The van der Waals surface area contributed by atoms with E-state index in [4.69, 9.17) is 20.6 Å². The smallest absolute Gasteiger partial charge is 0.294 e. The first-order chi connectivity index (χ1) is 17.4. The first kappa shape index (κ1) is 26.4. The molecule has 0 spiro atoms. The molecule has 0 unspecified atom stereocenters. The number of rotatable bonds is 11. The van der Waals surface area contributed by atoms with E-state index in [-0.39, 0.29) is 11.5 Å². The molecule has 1 N–H and O–H groups in total. The molecule has 36 heavy (non-hydrogen) atoms. The highest BCUT2D eigenvalue weighted by molar-refractivity contribution is 8.18. The fraction of sp³-hybridized carbons (Fsp3) is 0.222. The molecule has 2 aromatic carbocycles. The number of allylic oxidation sites excluding steroid dienone is 1. The number of hydrogen-bond acceptors (Lipinski definition) is 7. The van der Waals surface area contributed by atoms with E-state index >= 15 is 0 Å². The van der Waals surface area contributed by atoms with Gasteiger partial charge in [-0.15, -0.1) is 13.0 Å². The number of hydrogen-bond donors (Lipinski definition) is 1. The summed E-state index contributed by atoms with van der Waals surface area (Å²) < 4.78 is 16.5. The Morgan fingerprint density at radius 2 is 1.97 bits per heavy atom. The fourth-order valence-corrected chi connectivity index (χ4v) is 4.26. The van der Waals surface area contributed by atoms with Crippen LogP contribution in [0.15, 0.2) is 54.0 Å². The second kappa shape index (κ2) is 12.5. The van der Waals surface area contributed by atoms with E-state index in [0.717, 1.165) is 22.2 Å². The molecule has 3 rings (SSSR count). The van der Waals surface area contributed by atoms with E-state index in [2.05, 4.69) is 17.8 Å². The summed E-state index contributed by atoms with van der Waals surface area (Å²) in [5.74, 6) is 3.01. The lowest BCUT2D eigenvalue weighted by Crippen LogP contribution is -2.36. The largest absolute Gasteiger partial charge is 0.497 e. The number of thioether (sulfide) groups is 1. The summed E-state index contributed by atoms with van der Waals surface area (Å²) in [6, 6.07) is 10.3. The molecule has 3 amide bonds. The van der Waals surface area contributed by atoms with Crippen molar-refractivity contribution >= 4 is 40.6 Å². The molecule has 0 aliphatic carbocycles. The van der Waals surface area contributed by atoms with Crippen LogP contribution < -0.4 is 19.5 Å². The monoisotopic (exact) mass is 506 g/mol. The van der Waals surface area contributed by atoms with Crippen LogP contribution in [0.4, 0.5) is 10.5 Å². The Labute approximate surface area is 214 Å². The van der Waals surface area contributed by atoms with Crippen molar-refractivity contribution in [1.29, 1.82) is 0 Å². The van der Waals surface area contributed by atoms with Gasteiger partial charge in [-0.25, -0.2) is 0 Å². The van der Waals surface area contributed by atoms with E-state index in [1.165, 1.54) is 0 Å². The van der Waals surface area contributed by atoms with E-state index < -0.39 is 23.6 Å². The zero-order valence-electron chi connectivity index (χ0n) is 20.0. The Kier molecular flexibility index (Phi) is 9.19. The van der Waals surface area contributed by atoms with Gasteiger partial charge in [-0.05, 0) is 73.1 Å². The van der Waals surface area contributed by atoms with Crippen LogP contribution in [-0.2, 0) is 16.0 Å². The average molecular weight is 507 g/mol. The molecule has 8 nitrogen and oxygen atoms in total. The topological polar surface area (TPSA) is 94.2 Å². The van der Waals surface area contributed by atoms with Crippen molar-refractivity contribution in [2.24, 2.45) is 0 Å². The summed E-state index contributed by atoms with van der Waals surface area (Å²) in [5.41, 5.74) is 1.93. The molecule has 1 aliphatic heterocycles. The minimum atomic E-state index is -0.550. The lowest BCUT2D eigenvalue weighted by Gasteiger charge is -2.15. The highest BCUT2D eigenvalue weighted by Crippen LogP contribution is 2.37. The standard InChI is InChI=1S/C27H26N2O6S/c1-5-8-19-14-18(15-22(34-7-3)25(19)35-13-6-2)16-23-26(31)29(27(32)36-23)17-24(30)28-20-9-11-21(33-4)12-10-20/h2,5,9-12,14-16H,1,7-8,13,17H2,3-4H3,(H,28,30)/b23-16+. The number of nitrogens with zero attached hydrogens (tertiary/aromatic N) is 1. The molecule has 9 heteroatoms. The lowest BCUT2D eigenvalue weighted by molar-refractivity contribution is -0.127. The van der Waals surface area contributed by atoms with Gasteiger partial charge in [-0.1, -0.05) is 12.0 Å². The third kappa shape index (κ3) is 6.49. The van der Waals surface area contributed by atoms with Crippen molar-refractivity contribution in [3.05, 3.63) is 65.1 Å². The summed E-state index contributed by atoms with van der Waals surface area (Å²) in [7, 11) is 1.54. The van der Waals surface area contributed by atoms with Crippen molar-refractivity contribution in [3.63, 3.8) is 0 Å². The summed E-state index contributed by atoms with van der Waals surface area (Å²) in [6.45, 7) is 5.68. The van der Waals surface area contributed by atoms with Crippen molar-refractivity contribution in [1.82, 2.24) is 4.90 Å². The van der Waals surface area contributed by atoms with Gasteiger partial charge in [0.1, 0.15) is 18.9 Å². The summed E-state index contributed by atoms with van der Waals surface area (Å²) in [6.07, 6.45) is 9.12. The SMILES string of the molecule is C#CCOc1c(CC=C)cc(/C=C2/SC(=O)N(CC(=O)Nc3ccc(OC)cc3)C2=O)cc1OCC. The minimum Gasteiger partial charge on any atom is -0.497 e. The number of nitrogens with one attached hydrogen (secondary N) is 1. The maximum Gasteiger partial charge on any atom is 0.294 e. The maximum atomic E-state index is 12.9. The van der Waals surface area contributed by atoms with Crippen molar-refractivity contribution in [2.45, 2.75) is 13.3 Å². The normalized spacial score (nSPS) is 13.9. The van der Waals surface area contributed by atoms with Gasteiger partial charge in [0.25, 0.3) is 11.1 Å². The van der Waals surface area contributed by atoms with Crippen molar-refractivity contribution in [2.75, 3.05) is 32.2 Å².